The van der Waals surface area contributed by atoms with E-state index in [0.717, 1.165) is 28.6 Å². The molecule has 0 bridgehead atoms. The maximum Gasteiger partial charge on any atom is 0.277 e. The summed E-state index contributed by atoms with van der Waals surface area (Å²) in [6.07, 6.45) is 0. The highest BCUT2D eigenvalue weighted by Crippen LogP contribution is 2.32. The Bertz CT molecular complexity index is 1090. The molecule has 164 valence electrons. The Morgan fingerprint density at radius 1 is 1.13 bits per heavy atom. The number of carbonyl (C=O) groups excluding carboxylic acids is 1. The normalized spacial score (nSPS) is 11.1. The van der Waals surface area contributed by atoms with Gasteiger partial charge in [-0.3, -0.25) is 4.79 Å². The zero-order chi connectivity index (χ0) is 22.5. The van der Waals surface area contributed by atoms with Crippen LogP contribution in [0.25, 0.3) is 0 Å². The van der Waals surface area contributed by atoms with Gasteiger partial charge < -0.3 is 14.5 Å². The van der Waals surface area contributed by atoms with Gasteiger partial charge in [-0.15, -0.1) is 10.2 Å². The Labute approximate surface area is 199 Å². The molecule has 1 amide bonds. The van der Waals surface area contributed by atoms with E-state index in [4.69, 9.17) is 44.0 Å². The summed E-state index contributed by atoms with van der Waals surface area (Å²) in [6, 6.07) is 9.06. The summed E-state index contributed by atoms with van der Waals surface area (Å²) in [5.41, 5.74) is 2.59. The molecule has 10 heteroatoms. The summed E-state index contributed by atoms with van der Waals surface area (Å²) in [4.78, 5) is 12.2. The van der Waals surface area contributed by atoms with Crippen LogP contribution in [0.4, 0.5) is 5.69 Å². The highest BCUT2D eigenvalue weighted by atomic mass is 35.5. The summed E-state index contributed by atoms with van der Waals surface area (Å²) in [5.74, 6) is 1.19. The number of halogens is 3. The van der Waals surface area contributed by atoms with E-state index in [1.54, 1.807) is 0 Å². The molecule has 0 spiro atoms. The molecule has 0 aliphatic rings. The Kier molecular flexibility index (Phi) is 8.11. The molecule has 0 unspecified atom stereocenters. The first-order valence-corrected chi connectivity index (χ1v) is 11.5. The number of rotatable bonds is 8. The zero-order valence-electron chi connectivity index (χ0n) is 17.0. The van der Waals surface area contributed by atoms with Crippen LogP contribution < -0.4 is 10.1 Å². The molecule has 0 saturated heterocycles. The Morgan fingerprint density at radius 3 is 2.61 bits per heavy atom. The summed E-state index contributed by atoms with van der Waals surface area (Å²) >= 11 is 19.0. The molecule has 6 nitrogen and oxygen atoms in total. The summed E-state index contributed by atoms with van der Waals surface area (Å²) in [7, 11) is 0. The second kappa shape index (κ2) is 10.6. The molecule has 0 saturated carbocycles. The molecule has 0 radical (unpaired) electrons. The Hall–Kier alpha value is -1.93. The van der Waals surface area contributed by atoms with E-state index in [9.17, 15) is 4.79 Å². The molecule has 0 fully saturated rings. The molecular formula is C21H20Cl3N3O3S. The van der Waals surface area contributed by atoms with Crippen LogP contribution in [0.2, 0.25) is 15.1 Å². The lowest BCUT2D eigenvalue weighted by Gasteiger charge is -2.13. The molecule has 3 aromatic rings. The van der Waals surface area contributed by atoms with Crippen LogP contribution in [0.1, 0.15) is 36.8 Å². The minimum atomic E-state index is -0.303. The van der Waals surface area contributed by atoms with Crippen molar-refractivity contribution in [2.45, 2.75) is 38.5 Å². The third kappa shape index (κ3) is 6.53. The number of aromatic nitrogens is 2. The maximum atomic E-state index is 12.2. The molecule has 2 aromatic carbocycles. The number of nitrogens with one attached hydrogen (secondary N) is 1. The minimum absolute atomic E-state index is 0.0500. The first kappa shape index (κ1) is 23.7. The van der Waals surface area contributed by atoms with Crippen LogP contribution >= 0.6 is 46.6 Å². The van der Waals surface area contributed by atoms with Crippen LogP contribution in [-0.2, 0) is 11.4 Å². The topological polar surface area (TPSA) is 77.2 Å². The fraction of sp³-hybridized carbons (Fsp3) is 0.286. The van der Waals surface area contributed by atoms with Crippen molar-refractivity contribution >= 4 is 58.2 Å². The largest absolute Gasteiger partial charge is 0.484 e. The van der Waals surface area contributed by atoms with Gasteiger partial charge >= 0.3 is 0 Å². The second-order valence-corrected chi connectivity index (χ2v) is 9.18. The van der Waals surface area contributed by atoms with Gasteiger partial charge in [0.1, 0.15) is 5.75 Å². The van der Waals surface area contributed by atoms with Gasteiger partial charge in [0.05, 0.1) is 26.5 Å². The average molecular weight is 501 g/mol. The number of hydrogen-bond donors (Lipinski definition) is 1. The number of benzene rings is 2. The highest BCUT2D eigenvalue weighted by Gasteiger charge is 2.14. The zero-order valence-corrected chi connectivity index (χ0v) is 20.1. The van der Waals surface area contributed by atoms with Gasteiger partial charge in [0.2, 0.25) is 5.91 Å². The molecule has 0 aliphatic carbocycles. The molecule has 1 aromatic heterocycles. The molecule has 0 aliphatic heterocycles. The van der Waals surface area contributed by atoms with Crippen molar-refractivity contribution in [3.63, 3.8) is 0 Å². The molecule has 1 N–H and O–H groups in total. The number of thioether (sulfide) groups is 1. The quantitative estimate of drug-likeness (QED) is 0.271. The van der Waals surface area contributed by atoms with Crippen LogP contribution in [-0.4, -0.2) is 21.9 Å². The molecule has 3 rings (SSSR count). The first-order chi connectivity index (χ1) is 14.7. The first-order valence-electron chi connectivity index (χ1n) is 9.36. The predicted molar refractivity (Wildman–Crippen MR) is 125 cm³/mol. The lowest BCUT2D eigenvalue weighted by molar-refractivity contribution is -0.113. The van der Waals surface area contributed by atoms with Crippen LogP contribution in [0, 0.1) is 6.92 Å². The van der Waals surface area contributed by atoms with Gasteiger partial charge in [0.15, 0.2) is 6.61 Å². The fourth-order valence-electron chi connectivity index (χ4n) is 2.67. The van der Waals surface area contributed by atoms with E-state index in [1.165, 1.54) is 12.1 Å². The van der Waals surface area contributed by atoms with Crippen LogP contribution in [0.3, 0.4) is 0 Å². The summed E-state index contributed by atoms with van der Waals surface area (Å²) in [5, 5.41) is 11.8. The maximum absolute atomic E-state index is 12.2. The number of amides is 1. The summed E-state index contributed by atoms with van der Waals surface area (Å²) < 4.78 is 11.5. The second-order valence-electron chi connectivity index (χ2n) is 7.03. The monoisotopic (exact) mass is 499 g/mol. The smallest absolute Gasteiger partial charge is 0.277 e. The van der Waals surface area contributed by atoms with Gasteiger partial charge in [-0.1, -0.05) is 72.5 Å². The lowest BCUT2D eigenvalue weighted by atomic mass is 10.0. The number of carbonyl (C=O) groups is 1. The van der Waals surface area contributed by atoms with Gasteiger partial charge in [-0.2, -0.15) is 0 Å². The van der Waals surface area contributed by atoms with E-state index >= 15 is 0 Å². The van der Waals surface area contributed by atoms with Crippen molar-refractivity contribution in [2.75, 3.05) is 11.1 Å². The van der Waals surface area contributed by atoms with E-state index in [-0.39, 0.29) is 23.5 Å². The van der Waals surface area contributed by atoms with Crippen LogP contribution in [0.5, 0.6) is 5.75 Å². The average Bonchev–Trinajstić information content (AvgIpc) is 3.16. The Morgan fingerprint density at radius 2 is 1.87 bits per heavy atom. The third-order valence-corrected chi connectivity index (χ3v) is 6.05. The SMILES string of the molecule is Cc1ccc(C(C)C)c(OCc2nnc(SCC(=O)Nc3cc(Cl)c(Cl)cc3Cl)o2)c1. The van der Waals surface area contributed by atoms with Crippen LogP contribution in [0.15, 0.2) is 40.0 Å². The van der Waals surface area contributed by atoms with Crippen molar-refractivity contribution in [2.24, 2.45) is 0 Å². The fourth-order valence-corrected chi connectivity index (χ4v) is 3.84. The summed E-state index contributed by atoms with van der Waals surface area (Å²) in [6.45, 7) is 6.36. The third-order valence-electron chi connectivity index (χ3n) is 4.20. The predicted octanol–water partition coefficient (Wildman–Crippen LogP) is 6.77. The number of ether oxygens (including phenoxy) is 1. The van der Waals surface area contributed by atoms with E-state index < -0.39 is 0 Å². The van der Waals surface area contributed by atoms with Crippen molar-refractivity contribution in [1.82, 2.24) is 10.2 Å². The van der Waals surface area contributed by atoms with Crippen molar-refractivity contribution in [3.8, 4) is 5.75 Å². The number of nitrogens with zero attached hydrogens (tertiary/aromatic N) is 2. The van der Waals surface area contributed by atoms with E-state index in [0.29, 0.717) is 32.6 Å². The standard InChI is InChI=1S/C21H20Cl3N3O3S/c1-11(2)13-5-4-12(3)6-18(13)29-9-20-26-27-21(30-20)31-10-19(28)25-17-8-15(23)14(22)7-16(17)24/h4-8,11H,9-10H2,1-3H3,(H,25,28). The van der Waals surface area contributed by atoms with Crippen molar-refractivity contribution in [1.29, 1.82) is 0 Å². The van der Waals surface area contributed by atoms with Gasteiger partial charge in [0, 0.05) is 0 Å². The Balaban J connectivity index is 1.54. The highest BCUT2D eigenvalue weighted by molar-refractivity contribution is 7.99. The van der Waals surface area contributed by atoms with Gasteiger partial charge in [-0.25, -0.2) is 0 Å². The lowest BCUT2D eigenvalue weighted by Crippen LogP contribution is -2.14. The number of aryl methyl sites for hydroxylation is 1. The van der Waals surface area contributed by atoms with E-state index in [1.807, 2.05) is 13.0 Å². The van der Waals surface area contributed by atoms with Crippen molar-refractivity contribution < 1.29 is 13.9 Å². The van der Waals surface area contributed by atoms with Gasteiger partial charge in [0.25, 0.3) is 11.1 Å². The molecule has 0 atom stereocenters. The minimum Gasteiger partial charge on any atom is -0.484 e. The van der Waals surface area contributed by atoms with Gasteiger partial charge in [-0.05, 0) is 42.2 Å². The van der Waals surface area contributed by atoms with E-state index in [2.05, 4.69) is 41.5 Å². The number of hydrogen-bond acceptors (Lipinski definition) is 6. The van der Waals surface area contributed by atoms with Crippen molar-refractivity contribution in [3.05, 3.63) is 62.4 Å². The molecule has 31 heavy (non-hydrogen) atoms. The molecular weight excluding hydrogens is 481 g/mol. The number of anilines is 1. The molecule has 1 heterocycles.